The normalized spacial score (nSPS) is 15.8. The second-order valence-electron chi connectivity index (χ2n) is 6.40. The van der Waals surface area contributed by atoms with Gasteiger partial charge in [-0.3, -0.25) is 4.99 Å². The molecule has 0 unspecified atom stereocenters. The Bertz CT molecular complexity index is 692. The summed E-state index contributed by atoms with van der Waals surface area (Å²) < 4.78 is 5.94. The van der Waals surface area contributed by atoms with Crippen LogP contribution in [0.1, 0.15) is 30.6 Å². The van der Waals surface area contributed by atoms with E-state index in [-0.39, 0.29) is 24.0 Å². The highest BCUT2D eigenvalue weighted by atomic mass is 127. The fourth-order valence-corrected chi connectivity index (χ4v) is 3.29. The van der Waals surface area contributed by atoms with Crippen LogP contribution < -0.4 is 10.6 Å². The third kappa shape index (κ3) is 5.34. The van der Waals surface area contributed by atoms with E-state index in [0.29, 0.717) is 6.54 Å². The van der Waals surface area contributed by atoms with Gasteiger partial charge >= 0.3 is 0 Å². The van der Waals surface area contributed by atoms with E-state index in [1.54, 1.807) is 0 Å². The molecule has 5 nitrogen and oxygen atoms in total. The second-order valence-corrected chi connectivity index (χ2v) is 6.40. The molecule has 1 aliphatic rings. The van der Waals surface area contributed by atoms with Crippen LogP contribution in [0.5, 0.6) is 0 Å². The number of benzene rings is 1. The van der Waals surface area contributed by atoms with E-state index >= 15 is 0 Å². The summed E-state index contributed by atoms with van der Waals surface area (Å²) in [5.74, 6) is 1.79. The third-order valence-corrected chi connectivity index (χ3v) is 4.75. The van der Waals surface area contributed by atoms with Crippen molar-refractivity contribution in [1.29, 1.82) is 0 Å². The summed E-state index contributed by atoms with van der Waals surface area (Å²) >= 11 is 0. The first-order chi connectivity index (χ1) is 11.8. The van der Waals surface area contributed by atoms with Crippen molar-refractivity contribution in [2.45, 2.75) is 32.7 Å². The Morgan fingerprint density at radius 3 is 2.64 bits per heavy atom. The number of nitrogens with one attached hydrogen (secondary N) is 2. The minimum absolute atomic E-state index is 0. The molecule has 0 radical (unpaired) electrons. The molecule has 0 saturated carbocycles. The number of aryl methyl sites for hydroxylation is 1. The molecule has 2 heterocycles. The largest absolute Gasteiger partial charge is 0.459 e. The van der Waals surface area contributed by atoms with Crippen molar-refractivity contribution in [3.8, 4) is 0 Å². The van der Waals surface area contributed by atoms with Gasteiger partial charge in [0.2, 0.25) is 0 Å². The zero-order valence-corrected chi connectivity index (χ0v) is 17.5. The minimum Gasteiger partial charge on any atom is -0.459 e. The number of furan rings is 1. The van der Waals surface area contributed by atoms with Crippen LogP contribution in [0.25, 0.3) is 11.0 Å². The zero-order chi connectivity index (χ0) is 16.8. The van der Waals surface area contributed by atoms with Gasteiger partial charge < -0.3 is 20.0 Å². The fraction of sp³-hybridized carbons (Fsp3) is 0.526. The number of nitrogens with zero attached hydrogens (tertiary/aromatic N) is 2. The number of likely N-dealkylation sites (tertiary alicyclic amines) is 1. The predicted octanol–water partition coefficient (Wildman–Crippen LogP) is 3.51. The van der Waals surface area contributed by atoms with Gasteiger partial charge in [-0.15, -0.1) is 24.0 Å². The molecule has 2 N–H and O–H groups in total. The Kier molecular flexibility index (Phi) is 8.02. The lowest BCUT2D eigenvalue weighted by atomic mass is 10.1. The van der Waals surface area contributed by atoms with Crippen molar-refractivity contribution < 1.29 is 4.42 Å². The molecule has 1 aromatic heterocycles. The van der Waals surface area contributed by atoms with E-state index in [0.717, 1.165) is 30.4 Å². The van der Waals surface area contributed by atoms with Crippen molar-refractivity contribution in [3.05, 3.63) is 35.6 Å². The van der Waals surface area contributed by atoms with Crippen LogP contribution in [-0.4, -0.2) is 44.1 Å². The second kappa shape index (κ2) is 10.0. The highest BCUT2D eigenvalue weighted by Gasteiger charge is 2.11. The van der Waals surface area contributed by atoms with Gasteiger partial charge in [-0.2, -0.15) is 0 Å². The number of hydrogen-bond acceptors (Lipinski definition) is 3. The maximum Gasteiger partial charge on any atom is 0.191 e. The molecule has 1 saturated heterocycles. The van der Waals surface area contributed by atoms with E-state index in [1.807, 2.05) is 25.2 Å². The van der Waals surface area contributed by atoms with Crippen molar-refractivity contribution in [1.82, 2.24) is 15.5 Å². The minimum atomic E-state index is 0. The van der Waals surface area contributed by atoms with Crippen molar-refractivity contribution in [3.63, 3.8) is 0 Å². The Morgan fingerprint density at radius 1 is 1.16 bits per heavy atom. The molecule has 1 aromatic carbocycles. The molecule has 3 rings (SSSR count). The van der Waals surface area contributed by atoms with Gasteiger partial charge in [-0.1, -0.05) is 24.6 Å². The summed E-state index contributed by atoms with van der Waals surface area (Å²) in [4.78, 5) is 6.82. The molecule has 1 fully saturated rings. The van der Waals surface area contributed by atoms with Gasteiger partial charge in [0.25, 0.3) is 0 Å². The molecule has 0 atom stereocenters. The SMILES string of the molecule is CN=C(NCCN1CCCCC1)NCc1oc2ccccc2c1C.I. The zero-order valence-electron chi connectivity index (χ0n) is 15.2. The van der Waals surface area contributed by atoms with Gasteiger partial charge in [0, 0.05) is 31.1 Å². The molecule has 0 aliphatic carbocycles. The van der Waals surface area contributed by atoms with Crippen LogP contribution in [0, 0.1) is 6.92 Å². The number of piperidine rings is 1. The van der Waals surface area contributed by atoms with Crippen LogP contribution in [-0.2, 0) is 6.54 Å². The Hall–Kier alpha value is -1.28. The maximum absolute atomic E-state index is 5.94. The van der Waals surface area contributed by atoms with Crippen molar-refractivity contribution in [2.24, 2.45) is 4.99 Å². The first kappa shape index (κ1) is 20.0. The number of fused-ring (bicyclic) bond motifs is 1. The van der Waals surface area contributed by atoms with E-state index in [1.165, 1.54) is 43.3 Å². The molecule has 0 spiro atoms. The van der Waals surface area contributed by atoms with E-state index in [4.69, 9.17) is 4.42 Å². The molecule has 25 heavy (non-hydrogen) atoms. The lowest BCUT2D eigenvalue weighted by Crippen LogP contribution is -2.42. The number of halogens is 1. The van der Waals surface area contributed by atoms with Crippen LogP contribution in [0.4, 0.5) is 0 Å². The van der Waals surface area contributed by atoms with Gasteiger partial charge in [0.15, 0.2) is 5.96 Å². The van der Waals surface area contributed by atoms with Crippen LogP contribution >= 0.6 is 24.0 Å². The maximum atomic E-state index is 5.94. The van der Waals surface area contributed by atoms with E-state index in [2.05, 4.69) is 33.5 Å². The third-order valence-electron chi connectivity index (χ3n) is 4.75. The lowest BCUT2D eigenvalue weighted by molar-refractivity contribution is 0.232. The molecule has 0 bridgehead atoms. The van der Waals surface area contributed by atoms with Gasteiger partial charge in [0.1, 0.15) is 11.3 Å². The van der Waals surface area contributed by atoms with Crippen LogP contribution in [0.3, 0.4) is 0 Å². The number of para-hydroxylation sites is 1. The Labute approximate surface area is 167 Å². The summed E-state index contributed by atoms with van der Waals surface area (Å²) in [7, 11) is 1.81. The first-order valence-electron chi connectivity index (χ1n) is 8.92. The Balaban J connectivity index is 0.00000225. The number of guanidine groups is 1. The quantitative estimate of drug-likeness (QED) is 0.411. The first-order valence-corrected chi connectivity index (χ1v) is 8.92. The standard InChI is InChI=1S/C19H28N4O.HI/c1-15-16-8-4-5-9-17(16)24-18(15)14-22-19(20-2)21-10-13-23-11-6-3-7-12-23;/h4-5,8-9H,3,6-7,10-14H2,1-2H3,(H2,20,21,22);1H. The fourth-order valence-electron chi connectivity index (χ4n) is 3.29. The molecule has 6 heteroatoms. The van der Waals surface area contributed by atoms with Gasteiger partial charge in [-0.25, -0.2) is 0 Å². The van der Waals surface area contributed by atoms with E-state index < -0.39 is 0 Å². The van der Waals surface area contributed by atoms with Crippen molar-refractivity contribution >= 4 is 40.9 Å². The number of aliphatic imine (C=N–C) groups is 1. The summed E-state index contributed by atoms with van der Waals surface area (Å²) in [5, 5.41) is 7.93. The molecular formula is C19H29IN4O. The van der Waals surface area contributed by atoms with Gasteiger partial charge in [0.05, 0.1) is 6.54 Å². The van der Waals surface area contributed by atoms with Crippen molar-refractivity contribution in [2.75, 3.05) is 33.2 Å². The average molecular weight is 456 g/mol. The monoisotopic (exact) mass is 456 g/mol. The molecular weight excluding hydrogens is 427 g/mol. The van der Waals surface area contributed by atoms with E-state index in [9.17, 15) is 0 Å². The molecule has 2 aromatic rings. The summed E-state index contributed by atoms with van der Waals surface area (Å²) in [6, 6.07) is 8.16. The molecule has 138 valence electrons. The average Bonchev–Trinajstić information content (AvgIpc) is 2.95. The summed E-state index contributed by atoms with van der Waals surface area (Å²) in [6.45, 7) is 7.19. The number of rotatable bonds is 5. The summed E-state index contributed by atoms with van der Waals surface area (Å²) in [6.07, 6.45) is 4.04. The summed E-state index contributed by atoms with van der Waals surface area (Å²) in [5.41, 5.74) is 2.14. The van der Waals surface area contributed by atoms with Crippen LogP contribution in [0.2, 0.25) is 0 Å². The molecule has 1 aliphatic heterocycles. The highest BCUT2D eigenvalue weighted by molar-refractivity contribution is 14.0. The Morgan fingerprint density at radius 2 is 1.92 bits per heavy atom. The molecule has 0 amide bonds. The topological polar surface area (TPSA) is 52.8 Å². The highest BCUT2D eigenvalue weighted by Crippen LogP contribution is 2.24. The van der Waals surface area contributed by atoms with Crippen LogP contribution in [0.15, 0.2) is 33.7 Å². The predicted molar refractivity (Wildman–Crippen MR) is 115 cm³/mol. The lowest BCUT2D eigenvalue weighted by Gasteiger charge is -2.26. The smallest absolute Gasteiger partial charge is 0.191 e. The van der Waals surface area contributed by atoms with Gasteiger partial charge in [-0.05, 0) is 38.9 Å². The number of hydrogen-bond donors (Lipinski definition) is 2.